The summed E-state index contributed by atoms with van der Waals surface area (Å²) in [6.07, 6.45) is 4.08. The summed E-state index contributed by atoms with van der Waals surface area (Å²) in [6.45, 7) is 0. The minimum atomic E-state index is 0.0450. The predicted octanol–water partition coefficient (Wildman–Crippen LogP) is 2.97. The van der Waals surface area contributed by atoms with Gasteiger partial charge in [-0.3, -0.25) is 0 Å². The Kier molecular flexibility index (Phi) is 2.33. The molecule has 0 radical (unpaired) electrons. The molecule has 2 aromatic carbocycles. The molecule has 1 saturated carbocycles. The second-order valence-electron chi connectivity index (χ2n) is 5.15. The fourth-order valence-electron chi connectivity index (χ4n) is 2.37. The highest BCUT2D eigenvalue weighted by molar-refractivity contribution is 5.87. The molecule has 0 bridgehead atoms. The Bertz CT molecular complexity index is 558. The summed E-state index contributed by atoms with van der Waals surface area (Å²) in [7, 11) is 0. The van der Waals surface area contributed by atoms with Crippen LogP contribution < -0.4 is 5.73 Å². The lowest BCUT2D eigenvalue weighted by molar-refractivity contribution is 0.466. The molecule has 0 atom stereocenters. The first-order valence-corrected chi connectivity index (χ1v) is 6.16. The summed E-state index contributed by atoms with van der Waals surface area (Å²) in [5.41, 5.74) is 7.19. The maximum atomic E-state index is 9.98. The summed E-state index contributed by atoms with van der Waals surface area (Å²) in [6, 6.07) is 11.9. The van der Waals surface area contributed by atoms with Gasteiger partial charge in [-0.15, -0.1) is 0 Å². The molecule has 3 N–H and O–H groups in total. The van der Waals surface area contributed by atoms with E-state index in [1.807, 2.05) is 18.2 Å². The van der Waals surface area contributed by atoms with Gasteiger partial charge in [-0.25, -0.2) is 0 Å². The van der Waals surface area contributed by atoms with Gasteiger partial charge in [0.05, 0.1) is 0 Å². The van der Waals surface area contributed by atoms with Crippen molar-refractivity contribution in [3.63, 3.8) is 0 Å². The zero-order valence-electron chi connectivity index (χ0n) is 9.82. The number of fused-ring (bicyclic) bond motifs is 1. The highest BCUT2D eigenvalue weighted by Gasteiger charge is 2.37. The van der Waals surface area contributed by atoms with E-state index in [1.165, 1.54) is 5.39 Å². The van der Waals surface area contributed by atoms with E-state index in [2.05, 4.69) is 12.1 Å². The van der Waals surface area contributed by atoms with E-state index in [-0.39, 0.29) is 5.54 Å². The molecule has 0 aliphatic heterocycles. The molecule has 0 unspecified atom stereocenters. The van der Waals surface area contributed by atoms with Gasteiger partial charge in [0.2, 0.25) is 0 Å². The van der Waals surface area contributed by atoms with Crippen LogP contribution in [0.25, 0.3) is 10.8 Å². The molecule has 3 rings (SSSR count). The third kappa shape index (κ3) is 2.01. The van der Waals surface area contributed by atoms with Crippen molar-refractivity contribution in [2.24, 2.45) is 5.73 Å². The average Bonchev–Trinajstić information content (AvgIpc) is 3.06. The van der Waals surface area contributed by atoms with E-state index in [1.54, 1.807) is 6.07 Å². The van der Waals surface area contributed by atoms with Crippen LogP contribution in [0.15, 0.2) is 36.4 Å². The zero-order chi connectivity index (χ0) is 11.9. The van der Waals surface area contributed by atoms with E-state index < -0.39 is 0 Å². The molecule has 1 aliphatic rings. The quantitative estimate of drug-likeness (QED) is 0.846. The molecule has 2 heteroatoms. The van der Waals surface area contributed by atoms with E-state index in [0.29, 0.717) is 5.75 Å². The molecule has 2 nitrogen and oxygen atoms in total. The van der Waals surface area contributed by atoms with Crippen LogP contribution >= 0.6 is 0 Å². The van der Waals surface area contributed by atoms with Crippen LogP contribution in [0.3, 0.4) is 0 Å². The fourth-order valence-corrected chi connectivity index (χ4v) is 2.37. The smallest absolute Gasteiger partial charge is 0.119 e. The highest BCUT2D eigenvalue weighted by atomic mass is 16.3. The molecule has 2 aromatic rings. The fraction of sp³-hybridized carbons (Fsp3) is 0.333. The van der Waals surface area contributed by atoms with Crippen LogP contribution in [0.4, 0.5) is 0 Å². The Morgan fingerprint density at radius 2 is 1.88 bits per heavy atom. The number of hydrogen-bond acceptors (Lipinski definition) is 2. The minimum Gasteiger partial charge on any atom is -0.508 e. The molecule has 17 heavy (non-hydrogen) atoms. The lowest BCUT2D eigenvalue weighted by Gasteiger charge is -2.12. The molecule has 1 aliphatic carbocycles. The number of phenolic OH excluding ortho intramolecular Hbond substituents is 1. The Balaban J connectivity index is 1.98. The van der Waals surface area contributed by atoms with E-state index in [0.717, 1.165) is 36.6 Å². The van der Waals surface area contributed by atoms with Crippen LogP contribution in [0.2, 0.25) is 0 Å². The zero-order valence-corrected chi connectivity index (χ0v) is 9.82. The van der Waals surface area contributed by atoms with Gasteiger partial charge in [0.1, 0.15) is 5.75 Å². The number of phenols is 1. The van der Waals surface area contributed by atoms with Gasteiger partial charge in [-0.1, -0.05) is 30.3 Å². The Hall–Kier alpha value is -1.54. The normalized spacial score (nSPS) is 17.2. The molecule has 88 valence electrons. The van der Waals surface area contributed by atoms with Gasteiger partial charge in [-0.2, -0.15) is 0 Å². The Morgan fingerprint density at radius 3 is 2.65 bits per heavy atom. The van der Waals surface area contributed by atoms with E-state index >= 15 is 0 Å². The predicted molar refractivity (Wildman–Crippen MR) is 70.1 cm³/mol. The van der Waals surface area contributed by atoms with E-state index in [4.69, 9.17) is 5.73 Å². The van der Waals surface area contributed by atoms with Gasteiger partial charge >= 0.3 is 0 Å². The van der Waals surface area contributed by atoms with Gasteiger partial charge in [0, 0.05) is 11.1 Å². The number of rotatable bonds is 3. The second kappa shape index (κ2) is 3.74. The molecular formula is C15H17NO. The van der Waals surface area contributed by atoms with Crippen molar-refractivity contribution in [3.8, 4) is 5.75 Å². The summed E-state index contributed by atoms with van der Waals surface area (Å²) in [5.74, 6) is 0.396. The molecule has 0 saturated heterocycles. The minimum absolute atomic E-state index is 0.0450. The summed E-state index contributed by atoms with van der Waals surface area (Å²) in [5, 5.41) is 12.3. The Labute approximate surface area is 101 Å². The van der Waals surface area contributed by atoms with E-state index in [9.17, 15) is 5.11 Å². The van der Waals surface area contributed by atoms with Crippen molar-refractivity contribution in [2.75, 3.05) is 0 Å². The first-order valence-electron chi connectivity index (χ1n) is 6.16. The number of nitrogens with two attached hydrogens (primary N) is 1. The first-order chi connectivity index (χ1) is 8.18. The van der Waals surface area contributed by atoms with Crippen molar-refractivity contribution in [1.29, 1.82) is 0 Å². The summed E-state index contributed by atoms with van der Waals surface area (Å²) < 4.78 is 0. The van der Waals surface area contributed by atoms with Crippen LogP contribution in [0, 0.1) is 0 Å². The van der Waals surface area contributed by atoms with Crippen molar-refractivity contribution >= 4 is 10.8 Å². The van der Waals surface area contributed by atoms with Crippen molar-refractivity contribution in [1.82, 2.24) is 0 Å². The van der Waals surface area contributed by atoms with Crippen LogP contribution in [0.1, 0.15) is 24.8 Å². The van der Waals surface area contributed by atoms with Gasteiger partial charge in [-0.05, 0) is 42.5 Å². The molecular weight excluding hydrogens is 210 g/mol. The molecule has 0 heterocycles. The highest BCUT2D eigenvalue weighted by Crippen LogP contribution is 2.38. The number of hydrogen-bond donors (Lipinski definition) is 2. The maximum Gasteiger partial charge on any atom is 0.119 e. The van der Waals surface area contributed by atoms with Crippen LogP contribution in [-0.2, 0) is 6.42 Å². The SMILES string of the molecule is NC1(CCc2c(O)ccc3ccccc23)CC1. The molecule has 1 fully saturated rings. The van der Waals surface area contributed by atoms with Crippen LogP contribution in [-0.4, -0.2) is 10.6 Å². The second-order valence-corrected chi connectivity index (χ2v) is 5.15. The average molecular weight is 227 g/mol. The Morgan fingerprint density at radius 1 is 1.12 bits per heavy atom. The van der Waals surface area contributed by atoms with Crippen molar-refractivity contribution in [2.45, 2.75) is 31.2 Å². The summed E-state index contributed by atoms with van der Waals surface area (Å²) in [4.78, 5) is 0. The first kappa shape index (κ1) is 10.6. The lowest BCUT2D eigenvalue weighted by atomic mass is 9.97. The topological polar surface area (TPSA) is 46.2 Å². The third-order valence-corrected chi connectivity index (χ3v) is 3.78. The number of aromatic hydroxyl groups is 1. The number of aryl methyl sites for hydroxylation is 1. The lowest BCUT2D eigenvalue weighted by Crippen LogP contribution is -2.22. The molecule has 0 aromatic heterocycles. The van der Waals surface area contributed by atoms with Crippen molar-refractivity contribution < 1.29 is 5.11 Å². The standard InChI is InChI=1S/C15H17NO/c16-15(9-10-15)8-7-13-12-4-2-1-3-11(12)5-6-14(13)17/h1-6,17H,7-10,16H2. The van der Waals surface area contributed by atoms with Gasteiger partial charge < -0.3 is 10.8 Å². The summed E-state index contributed by atoms with van der Waals surface area (Å²) >= 11 is 0. The molecule has 0 amide bonds. The largest absolute Gasteiger partial charge is 0.508 e. The maximum absolute atomic E-state index is 9.98. The molecule has 0 spiro atoms. The third-order valence-electron chi connectivity index (χ3n) is 3.78. The van der Waals surface area contributed by atoms with Gasteiger partial charge in [0.25, 0.3) is 0 Å². The van der Waals surface area contributed by atoms with Gasteiger partial charge in [0.15, 0.2) is 0 Å². The number of benzene rings is 2. The van der Waals surface area contributed by atoms with Crippen LogP contribution in [0.5, 0.6) is 5.75 Å². The monoisotopic (exact) mass is 227 g/mol. The van der Waals surface area contributed by atoms with Crippen molar-refractivity contribution in [3.05, 3.63) is 42.0 Å².